The number of nitrogens with zero attached hydrogens (tertiary/aromatic N) is 1. The summed E-state index contributed by atoms with van der Waals surface area (Å²) in [5.41, 5.74) is 5.38. The molecule has 1 saturated heterocycles. The van der Waals surface area contributed by atoms with Crippen molar-refractivity contribution >= 4 is 44.3 Å². The number of nitrogens with one attached hydrogen (secondary N) is 1. The highest BCUT2D eigenvalue weighted by molar-refractivity contribution is 9.10. The first-order valence-corrected chi connectivity index (χ1v) is 8.35. The lowest BCUT2D eigenvalue weighted by Gasteiger charge is -2.23. The van der Waals surface area contributed by atoms with Crippen LogP contribution in [0.15, 0.2) is 27.6 Å². The molecule has 118 valence electrons. The van der Waals surface area contributed by atoms with Gasteiger partial charge in [0.1, 0.15) is 0 Å². The quantitative estimate of drug-likeness (QED) is 0.790. The van der Waals surface area contributed by atoms with Gasteiger partial charge in [-0.15, -0.1) is 12.4 Å². The third kappa shape index (κ3) is 3.95. The highest BCUT2D eigenvalue weighted by Crippen LogP contribution is 2.24. The zero-order chi connectivity index (χ0) is 14.9. The van der Waals surface area contributed by atoms with Gasteiger partial charge >= 0.3 is 0 Å². The molecule has 3 N–H and O–H groups in total. The molecule has 9 heteroatoms. The fourth-order valence-corrected chi connectivity index (χ4v) is 4.27. The number of carbonyl (C=O) groups is 1. The van der Waals surface area contributed by atoms with Crippen LogP contribution in [0, 0.1) is 0 Å². The number of amides is 1. The Morgan fingerprint density at radius 2 is 2.10 bits per heavy atom. The molecule has 1 aliphatic rings. The average Bonchev–Trinajstić information content (AvgIpc) is 2.90. The van der Waals surface area contributed by atoms with E-state index in [0.29, 0.717) is 11.0 Å². The van der Waals surface area contributed by atoms with Crippen LogP contribution in [0.1, 0.15) is 16.8 Å². The summed E-state index contributed by atoms with van der Waals surface area (Å²) in [4.78, 5) is 11.3. The monoisotopic (exact) mass is 397 g/mol. The molecule has 1 aliphatic heterocycles. The van der Waals surface area contributed by atoms with E-state index in [1.54, 1.807) is 7.05 Å². The highest BCUT2D eigenvalue weighted by Gasteiger charge is 2.30. The van der Waals surface area contributed by atoms with E-state index in [-0.39, 0.29) is 28.9 Å². The Labute approximate surface area is 138 Å². The van der Waals surface area contributed by atoms with Gasteiger partial charge in [0.15, 0.2) is 0 Å². The molecule has 0 saturated carbocycles. The van der Waals surface area contributed by atoms with Crippen LogP contribution in [-0.4, -0.2) is 44.8 Å². The molecule has 0 spiro atoms. The molecule has 2 rings (SSSR count). The molecule has 1 aromatic rings. The van der Waals surface area contributed by atoms with Gasteiger partial charge in [0.2, 0.25) is 15.9 Å². The normalized spacial score (nSPS) is 18.5. The summed E-state index contributed by atoms with van der Waals surface area (Å²) >= 11 is 3.20. The van der Waals surface area contributed by atoms with Crippen LogP contribution < -0.4 is 11.1 Å². The van der Waals surface area contributed by atoms with Gasteiger partial charge in [-0.3, -0.25) is 4.79 Å². The van der Waals surface area contributed by atoms with Crippen LogP contribution in [0.2, 0.25) is 0 Å². The van der Waals surface area contributed by atoms with Crippen molar-refractivity contribution in [1.82, 2.24) is 9.62 Å². The van der Waals surface area contributed by atoms with E-state index in [0.717, 1.165) is 13.0 Å². The number of hydrogen-bond acceptors (Lipinski definition) is 4. The van der Waals surface area contributed by atoms with Crippen molar-refractivity contribution in [3.63, 3.8) is 0 Å². The molecule has 0 aliphatic carbocycles. The zero-order valence-corrected chi connectivity index (χ0v) is 14.6. The third-order valence-corrected chi connectivity index (χ3v) is 5.73. The molecular weight excluding hydrogens is 382 g/mol. The van der Waals surface area contributed by atoms with E-state index < -0.39 is 15.9 Å². The van der Waals surface area contributed by atoms with Crippen molar-refractivity contribution in [1.29, 1.82) is 0 Å². The Morgan fingerprint density at radius 3 is 2.62 bits per heavy atom. The maximum absolute atomic E-state index is 12.6. The molecule has 0 bridgehead atoms. The van der Waals surface area contributed by atoms with Gasteiger partial charge in [0.05, 0.1) is 4.90 Å². The van der Waals surface area contributed by atoms with Gasteiger partial charge in [0.25, 0.3) is 0 Å². The molecule has 1 aromatic carbocycles. The summed E-state index contributed by atoms with van der Waals surface area (Å²) in [7, 11) is -2.09. The molecule has 0 radical (unpaired) electrons. The van der Waals surface area contributed by atoms with E-state index >= 15 is 0 Å². The maximum atomic E-state index is 12.6. The minimum atomic E-state index is -3.65. The Kier molecular flexibility index (Phi) is 6.18. The fourth-order valence-electron chi connectivity index (χ4n) is 2.17. The standard InChI is InChI=1S/C12H16BrN3O3S.ClH/c1-16(10-2-3-15-7-10)20(18,19)11-5-8(12(14)17)4-9(13)6-11;/h4-6,10,15H,2-3,7H2,1H3,(H2,14,17);1H. The summed E-state index contributed by atoms with van der Waals surface area (Å²) in [6, 6.07) is 4.21. The summed E-state index contributed by atoms with van der Waals surface area (Å²) in [5.74, 6) is -0.659. The van der Waals surface area contributed by atoms with Gasteiger partial charge in [-0.05, 0) is 31.2 Å². The van der Waals surface area contributed by atoms with E-state index in [1.807, 2.05) is 0 Å². The fraction of sp³-hybridized carbons (Fsp3) is 0.417. The van der Waals surface area contributed by atoms with Gasteiger partial charge < -0.3 is 11.1 Å². The molecule has 1 amide bonds. The first-order valence-electron chi connectivity index (χ1n) is 6.11. The third-order valence-electron chi connectivity index (χ3n) is 3.38. The molecule has 0 aromatic heterocycles. The largest absolute Gasteiger partial charge is 0.366 e. The molecule has 1 unspecified atom stereocenters. The first-order chi connectivity index (χ1) is 9.32. The van der Waals surface area contributed by atoms with Crippen molar-refractivity contribution in [3.8, 4) is 0 Å². The predicted molar refractivity (Wildman–Crippen MR) is 86.1 cm³/mol. The number of carbonyl (C=O) groups excluding carboxylic acids is 1. The Morgan fingerprint density at radius 1 is 1.43 bits per heavy atom. The number of nitrogens with two attached hydrogens (primary N) is 1. The second-order valence-electron chi connectivity index (χ2n) is 4.71. The Bertz CT molecular complexity index is 633. The van der Waals surface area contributed by atoms with Crippen molar-refractivity contribution < 1.29 is 13.2 Å². The van der Waals surface area contributed by atoms with E-state index in [4.69, 9.17) is 5.73 Å². The predicted octanol–water partition coefficient (Wildman–Crippen LogP) is 0.952. The second-order valence-corrected chi connectivity index (χ2v) is 7.62. The molecule has 1 atom stereocenters. The summed E-state index contributed by atoms with van der Waals surface area (Å²) in [6.45, 7) is 1.43. The minimum absolute atomic E-state index is 0. The van der Waals surface area contributed by atoms with E-state index in [2.05, 4.69) is 21.2 Å². The molecular formula is C12H17BrClN3O3S. The lowest BCUT2D eigenvalue weighted by molar-refractivity contribution is 0.1000. The number of rotatable bonds is 4. The molecule has 21 heavy (non-hydrogen) atoms. The van der Waals surface area contributed by atoms with Crippen LogP contribution in [0.5, 0.6) is 0 Å². The van der Waals surface area contributed by atoms with Gasteiger partial charge in [-0.25, -0.2) is 8.42 Å². The zero-order valence-electron chi connectivity index (χ0n) is 11.4. The smallest absolute Gasteiger partial charge is 0.248 e. The number of halogens is 2. The molecule has 6 nitrogen and oxygen atoms in total. The van der Waals surface area contributed by atoms with Crippen LogP contribution in [0.4, 0.5) is 0 Å². The van der Waals surface area contributed by atoms with Crippen LogP contribution in [0.25, 0.3) is 0 Å². The SMILES string of the molecule is CN(C1CCNC1)S(=O)(=O)c1cc(Br)cc(C(N)=O)c1.Cl. The summed E-state index contributed by atoms with van der Waals surface area (Å²) in [5, 5.41) is 3.13. The summed E-state index contributed by atoms with van der Waals surface area (Å²) < 4.78 is 27.0. The van der Waals surface area contributed by atoms with Crippen molar-refractivity contribution in [3.05, 3.63) is 28.2 Å². The molecule has 1 fully saturated rings. The highest BCUT2D eigenvalue weighted by atomic mass is 79.9. The van der Waals surface area contributed by atoms with E-state index in [1.165, 1.54) is 22.5 Å². The van der Waals surface area contributed by atoms with Gasteiger partial charge in [-0.1, -0.05) is 15.9 Å². The van der Waals surface area contributed by atoms with Crippen LogP contribution >= 0.6 is 28.3 Å². The first kappa shape index (κ1) is 18.4. The number of benzene rings is 1. The second kappa shape index (κ2) is 7.06. The van der Waals surface area contributed by atoms with E-state index in [9.17, 15) is 13.2 Å². The van der Waals surface area contributed by atoms with Gasteiger partial charge in [0, 0.05) is 29.7 Å². The maximum Gasteiger partial charge on any atom is 0.248 e. The number of likely N-dealkylation sites (N-methyl/N-ethyl adjacent to an activating group) is 1. The lowest BCUT2D eigenvalue weighted by Crippen LogP contribution is -2.38. The topological polar surface area (TPSA) is 92.5 Å². The van der Waals surface area contributed by atoms with Gasteiger partial charge in [-0.2, -0.15) is 4.31 Å². The van der Waals surface area contributed by atoms with Crippen molar-refractivity contribution in [2.24, 2.45) is 5.73 Å². The van der Waals surface area contributed by atoms with Crippen molar-refractivity contribution in [2.45, 2.75) is 17.4 Å². The van der Waals surface area contributed by atoms with Crippen molar-refractivity contribution in [2.75, 3.05) is 20.1 Å². The number of primary amides is 1. The average molecular weight is 399 g/mol. The van der Waals surface area contributed by atoms with Crippen LogP contribution in [0.3, 0.4) is 0 Å². The van der Waals surface area contributed by atoms with Crippen LogP contribution in [-0.2, 0) is 10.0 Å². The molecule has 1 heterocycles. The summed E-state index contributed by atoms with van der Waals surface area (Å²) in [6.07, 6.45) is 0.770. The number of hydrogen-bond donors (Lipinski definition) is 2. The Balaban J connectivity index is 0.00000220. The number of sulfonamides is 1. The Hall–Kier alpha value is -0.670. The minimum Gasteiger partial charge on any atom is -0.366 e. The lowest BCUT2D eigenvalue weighted by atomic mass is 10.2.